The van der Waals surface area contributed by atoms with Crippen LogP contribution in [0, 0.1) is 5.92 Å². The predicted molar refractivity (Wildman–Crippen MR) is 63.0 cm³/mol. The van der Waals surface area contributed by atoms with Crippen molar-refractivity contribution in [2.45, 2.75) is 26.8 Å². The molecular weight excluding hydrogens is 204 g/mol. The molecule has 0 bridgehead atoms. The molecule has 0 fully saturated rings. The Balaban J connectivity index is 2.21. The molecule has 0 aliphatic carbocycles. The van der Waals surface area contributed by atoms with Gasteiger partial charge in [0, 0.05) is 6.54 Å². The SMILES string of the molecule is CC(C)CNC(=O)CN[C@H](C)c1ccco1. The minimum Gasteiger partial charge on any atom is -0.468 e. The number of rotatable bonds is 6. The summed E-state index contributed by atoms with van der Waals surface area (Å²) in [4.78, 5) is 11.4. The third-order valence-electron chi connectivity index (χ3n) is 2.25. The van der Waals surface area contributed by atoms with Crippen LogP contribution in [0.2, 0.25) is 0 Å². The Morgan fingerprint density at radius 3 is 2.75 bits per heavy atom. The highest BCUT2D eigenvalue weighted by molar-refractivity contribution is 5.77. The normalized spacial score (nSPS) is 12.8. The van der Waals surface area contributed by atoms with Crippen LogP contribution < -0.4 is 10.6 Å². The minimum atomic E-state index is 0.0205. The van der Waals surface area contributed by atoms with E-state index in [2.05, 4.69) is 24.5 Å². The van der Waals surface area contributed by atoms with E-state index >= 15 is 0 Å². The number of hydrogen-bond acceptors (Lipinski definition) is 3. The van der Waals surface area contributed by atoms with Crippen molar-refractivity contribution in [3.63, 3.8) is 0 Å². The number of furan rings is 1. The van der Waals surface area contributed by atoms with Crippen molar-refractivity contribution in [1.29, 1.82) is 0 Å². The lowest BCUT2D eigenvalue weighted by Crippen LogP contribution is -2.36. The third kappa shape index (κ3) is 4.49. The Kier molecular flexibility index (Phi) is 5.05. The van der Waals surface area contributed by atoms with Crippen molar-refractivity contribution in [1.82, 2.24) is 10.6 Å². The van der Waals surface area contributed by atoms with Gasteiger partial charge >= 0.3 is 0 Å². The molecule has 4 nitrogen and oxygen atoms in total. The van der Waals surface area contributed by atoms with E-state index in [0.29, 0.717) is 12.5 Å². The molecule has 1 rings (SSSR count). The van der Waals surface area contributed by atoms with Crippen molar-refractivity contribution >= 4 is 5.91 Å². The molecule has 16 heavy (non-hydrogen) atoms. The van der Waals surface area contributed by atoms with E-state index in [1.165, 1.54) is 0 Å². The maximum absolute atomic E-state index is 11.4. The third-order valence-corrected chi connectivity index (χ3v) is 2.25. The first kappa shape index (κ1) is 12.8. The molecule has 2 N–H and O–H groups in total. The molecule has 0 saturated heterocycles. The van der Waals surface area contributed by atoms with Crippen LogP contribution in [-0.2, 0) is 4.79 Å². The van der Waals surface area contributed by atoms with Crippen molar-refractivity contribution < 1.29 is 9.21 Å². The van der Waals surface area contributed by atoms with Gasteiger partial charge in [0.1, 0.15) is 5.76 Å². The quantitative estimate of drug-likeness (QED) is 0.773. The van der Waals surface area contributed by atoms with Crippen LogP contribution in [0.5, 0.6) is 0 Å². The average Bonchev–Trinajstić information content (AvgIpc) is 2.76. The van der Waals surface area contributed by atoms with Crippen LogP contribution in [0.15, 0.2) is 22.8 Å². The largest absolute Gasteiger partial charge is 0.468 e. The first-order chi connectivity index (χ1) is 7.59. The predicted octanol–water partition coefficient (Wildman–Crippen LogP) is 1.70. The topological polar surface area (TPSA) is 54.3 Å². The molecule has 0 unspecified atom stereocenters. The van der Waals surface area contributed by atoms with Crippen LogP contribution in [0.3, 0.4) is 0 Å². The molecule has 1 aromatic heterocycles. The molecule has 0 aliphatic heterocycles. The van der Waals surface area contributed by atoms with Crippen molar-refractivity contribution in [3.05, 3.63) is 24.2 Å². The monoisotopic (exact) mass is 224 g/mol. The molecule has 0 aliphatic rings. The molecular formula is C12H20N2O2. The molecule has 0 spiro atoms. The highest BCUT2D eigenvalue weighted by Gasteiger charge is 2.09. The van der Waals surface area contributed by atoms with Crippen LogP contribution in [-0.4, -0.2) is 19.0 Å². The minimum absolute atomic E-state index is 0.0205. The Morgan fingerprint density at radius 2 is 2.19 bits per heavy atom. The molecule has 4 heteroatoms. The molecule has 90 valence electrons. The second-order valence-corrected chi connectivity index (χ2v) is 4.32. The molecule has 0 aromatic carbocycles. The second kappa shape index (κ2) is 6.33. The number of nitrogens with one attached hydrogen (secondary N) is 2. The Bertz CT molecular complexity index is 307. The molecule has 1 atom stereocenters. The van der Waals surface area contributed by atoms with E-state index in [1.807, 2.05) is 19.1 Å². The van der Waals surface area contributed by atoms with Crippen LogP contribution >= 0.6 is 0 Å². The molecule has 1 amide bonds. The van der Waals surface area contributed by atoms with Crippen LogP contribution in [0.1, 0.15) is 32.6 Å². The van der Waals surface area contributed by atoms with E-state index in [-0.39, 0.29) is 11.9 Å². The van der Waals surface area contributed by atoms with Gasteiger partial charge in [-0.1, -0.05) is 13.8 Å². The zero-order valence-corrected chi connectivity index (χ0v) is 10.1. The zero-order valence-electron chi connectivity index (χ0n) is 10.1. The Labute approximate surface area is 96.4 Å². The number of carbonyl (C=O) groups is 1. The Hall–Kier alpha value is -1.29. The van der Waals surface area contributed by atoms with Gasteiger partial charge in [0.15, 0.2) is 0 Å². The second-order valence-electron chi connectivity index (χ2n) is 4.32. The zero-order chi connectivity index (χ0) is 12.0. The lowest BCUT2D eigenvalue weighted by molar-refractivity contribution is -0.120. The number of hydrogen-bond donors (Lipinski definition) is 2. The summed E-state index contributed by atoms with van der Waals surface area (Å²) >= 11 is 0. The van der Waals surface area contributed by atoms with Gasteiger partial charge in [0.25, 0.3) is 0 Å². The lowest BCUT2D eigenvalue weighted by Gasteiger charge is -2.12. The molecule has 1 aromatic rings. The van der Waals surface area contributed by atoms with E-state index in [0.717, 1.165) is 12.3 Å². The van der Waals surface area contributed by atoms with Crippen molar-refractivity contribution in [3.8, 4) is 0 Å². The first-order valence-corrected chi connectivity index (χ1v) is 5.63. The molecule has 0 saturated carbocycles. The Morgan fingerprint density at radius 1 is 1.44 bits per heavy atom. The van der Waals surface area contributed by atoms with E-state index in [4.69, 9.17) is 4.42 Å². The summed E-state index contributed by atoms with van der Waals surface area (Å²) < 4.78 is 5.23. The highest BCUT2D eigenvalue weighted by atomic mass is 16.3. The summed E-state index contributed by atoms with van der Waals surface area (Å²) in [5.74, 6) is 1.34. The standard InChI is InChI=1S/C12H20N2O2/c1-9(2)7-14-12(15)8-13-10(3)11-5-4-6-16-11/h4-6,9-10,13H,7-8H2,1-3H3,(H,14,15)/t10-/m1/s1. The van der Waals surface area contributed by atoms with E-state index in [9.17, 15) is 4.79 Å². The fourth-order valence-electron chi connectivity index (χ4n) is 1.26. The lowest BCUT2D eigenvalue weighted by atomic mass is 10.2. The van der Waals surface area contributed by atoms with E-state index in [1.54, 1.807) is 6.26 Å². The average molecular weight is 224 g/mol. The highest BCUT2D eigenvalue weighted by Crippen LogP contribution is 2.11. The van der Waals surface area contributed by atoms with Gasteiger partial charge in [-0.15, -0.1) is 0 Å². The van der Waals surface area contributed by atoms with Gasteiger partial charge in [0.2, 0.25) is 5.91 Å². The van der Waals surface area contributed by atoms with Gasteiger partial charge in [-0.3, -0.25) is 10.1 Å². The van der Waals surface area contributed by atoms with Gasteiger partial charge in [-0.05, 0) is 25.0 Å². The maximum Gasteiger partial charge on any atom is 0.233 e. The van der Waals surface area contributed by atoms with Crippen LogP contribution in [0.25, 0.3) is 0 Å². The van der Waals surface area contributed by atoms with Gasteiger partial charge in [-0.25, -0.2) is 0 Å². The summed E-state index contributed by atoms with van der Waals surface area (Å²) in [5, 5.41) is 5.95. The number of amides is 1. The fourth-order valence-corrected chi connectivity index (χ4v) is 1.26. The summed E-state index contributed by atoms with van der Waals surface area (Å²) in [6.45, 7) is 7.14. The molecule has 1 heterocycles. The summed E-state index contributed by atoms with van der Waals surface area (Å²) in [6, 6.07) is 3.79. The first-order valence-electron chi connectivity index (χ1n) is 5.63. The van der Waals surface area contributed by atoms with Crippen LogP contribution in [0.4, 0.5) is 0 Å². The summed E-state index contributed by atoms with van der Waals surface area (Å²) in [5.41, 5.74) is 0. The van der Waals surface area contributed by atoms with Crippen molar-refractivity contribution in [2.24, 2.45) is 5.92 Å². The fraction of sp³-hybridized carbons (Fsp3) is 0.583. The molecule has 0 radical (unpaired) electrons. The maximum atomic E-state index is 11.4. The van der Waals surface area contributed by atoms with Gasteiger partial charge < -0.3 is 9.73 Å². The van der Waals surface area contributed by atoms with Gasteiger partial charge in [-0.2, -0.15) is 0 Å². The van der Waals surface area contributed by atoms with Crippen molar-refractivity contribution in [2.75, 3.05) is 13.1 Å². The van der Waals surface area contributed by atoms with E-state index < -0.39 is 0 Å². The summed E-state index contributed by atoms with van der Waals surface area (Å²) in [7, 11) is 0. The summed E-state index contributed by atoms with van der Waals surface area (Å²) in [6.07, 6.45) is 1.63. The smallest absolute Gasteiger partial charge is 0.233 e. The van der Waals surface area contributed by atoms with Gasteiger partial charge in [0.05, 0.1) is 18.8 Å². The number of carbonyl (C=O) groups excluding carboxylic acids is 1.